The average Bonchev–Trinajstić information content (AvgIpc) is 2.70. The molecule has 0 spiro atoms. The Morgan fingerprint density at radius 3 is 1.25 bits per heavy atom. The number of hydrogen-bond donors (Lipinski definition) is 1. The van der Waals surface area contributed by atoms with Crippen molar-refractivity contribution in [2.45, 2.75) is 45.4 Å². The van der Waals surface area contributed by atoms with Crippen LogP contribution in [0.25, 0.3) is 0 Å². The first-order valence-corrected chi connectivity index (χ1v) is 9.08. The van der Waals surface area contributed by atoms with Gasteiger partial charge < -0.3 is 34.2 Å². The molecule has 0 saturated heterocycles. The van der Waals surface area contributed by atoms with Gasteiger partial charge in [-0.3, -0.25) is 4.79 Å². The van der Waals surface area contributed by atoms with Crippen molar-refractivity contribution < 1.29 is 33.2 Å². The first-order valence-electron chi connectivity index (χ1n) is 9.08. The van der Waals surface area contributed by atoms with Crippen LogP contribution in [0.5, 0.6) is 0 Å². The molecule has 0 radical (unpaired) electrons. The van der Waals surface area contributed by atoms with Crippen LogP contribution in [-0.2, 0) is 33.2 Å². The maximum Gasteiger partial charge on any atom is 0.318 e. The van der Waals surface area contributed by atoms with Crippen molar-refractivity contribution in [3.8, 4) is 0 Å². The highest BCUT2D eigenvalue weighted by atomic mass is 16.7. The number of ether oxygens (including phenoxy) is 6. The van der Waals surface area contributed by atoms with Gasteiger partial charge in [-0.25, -0.2) is 0 Å². The van der Waals surface area contributed by atoms with Crippen LogP contribution in [0.1, 0.15) is 45.4 Å². The number of primary amides is 1. The quantitative estimate of drug-likeness (QED) is 0.332. The molecule has 0 fully saturated rings. The van der Waals surface area contributed by atoms with E-state index in [1.54, 1.807) is 21.1 Å². The van der Waals surface area contributed by atoms with Gasteiger partial charge in [-0.15, -0.1) is 0 Å². The number of rotatable bonds is 15. The Bertz CT molecular complexity index is 529. The topological polar surface area (TPSA) is 98.5 Å². The molecule has 2 N–H and O–H groups in total. The second-order valence-electron chi connectivity index (χ2n) is 5.95. The van der Waals surface area contributed by atoms with E-state index < -0.39 is 5.91 Å². The lowest BCUT2D eigenvalue weighted by Gasteiger charge is -2.15. The molecule has 0 aromatic carbocycles. The second kappa shape index (κ2) is 14.5. The zero-order chi connectivity index (χ0) is 21.5. The highest BCUT2D eigenvalue weighted by Gasteiger charge is 2.14. The fraction of sp³-hybridized carbons (Fsp3) is 0.650. The summed E-state index contributed by atoms with van der Waals surface area (Å²) in [6.45, 7) is 1.75. The zero-order valence-electron chi connectivity index (χ0n) is 18.2. The summed E-state index contributed by atoms with van der Waals surface area (Å²) in [7, 11) is 9.23. The molecule has 0 aliphatic heterocycles. The highest BCUT2D eigenvalue weighted by Crippen LogP contribution is 2.24. The van der Waals surface area contributed by atoms with Crippen LogP contribution < -0.4 is 5.73 Å². The minimum atomic E-state index is -0.413. The molecule has 8 nitrogen and oxygen atoms in total. The fourth-order valence-corrected chi connectivity index (χ4v) is 2.80. The zero-order valence-corrected chi connectivity index (χ0v) is 18.2. The number of methoxy groups -OCH3 is 6. The minimum Gasteiger partial charge on any atom is -0.494 e. The summed E-state index contributed by atoms with van der Waals surface area (Å²) in [5.74, 6) is 1.53. The summed E-state index contributed by atoms with van der Waals surface area (Å²) >= 11 is 0. The summed E-state index contributed by atoms with van der Waals surface area (Å²) in [5.41, 5.74) is 7.08. The van der Waals surface area contributed by atoms with E-state index in [0.717, 1.165) is 18.4 Å². The van der Waals surface area contributed by atoms with Gasteiger partial charge in [-0.05, 0) is 32.6 Å². The average molecular weight is 402 g/mol. The van der Waals surface area contributed by atoms with E-state index in [-0.39, 0.29) is 0 Å². The van der Waals surface area contributed by atoms with Gasteiger partial charge in [0.1, 0.15) is 0 Å². The lowest BCUT2D eigenvalue weighted by molar-refractivity contribution is -0.114. The van der Waals surface area contributed by atoms with E-state index in [1.165, 1.54) is 28.4 Å². The Morgan fingerprint density at radius 2 is 1.00 bits per heavy atom. The van der Waals surface area contributed by atoms with E-state index in [1.807, 2.05) is 0 Å². The highest BCUT2D eigenvalue weighted by molar-refractivity contribution is 5.92. The van der Waals surface area contributed by atoms with Gasteiger partial charge in [0.05, 0.1) is 42.7 Å². The maximum absolute atomic E-state index is 11.7. The van der Waals surface area contributed by atoms with Gasteiger partial charge >= 0.3 is 11.9 Å². The molecule has 162 valence electrons. The summed E-state index contributed by atoms with van der Waals surface area (Å²) in [6.07, 6.45) is 4.15. The van der Waals surface area contributed by atoms with Crippen LogP contribution in [0, 0.1) is 0 Å². The van der Waals surface area contributed by atoms with Crippen LogP contribution in [-0.4, -0.2) is 48.6 Å². The van der Waals surface area contributed by atoms with E-state index in [9.17, 15) is 4.79 Å². The number of nitrogens with two attached hydrogens (primary N) is 1. The summed E-state index contributed by atoms with van der Waals surface area (Å²) in [4.78, 5) is 11.7. The molecular weight excluding hydrogens is 366 g/mol. The largest absolute Gasteiger partial charge is 0.494 e. The van der Waals surface area contributed by atoms with Crippen molar-refractivity contribution in [3.63, 3.8) is 0 Å². The normalized spacial score (nSPS) is 9.68. The molecule has 0 heterocycles. The van der Waals surface area contributed by atoms with Gasteiger partial charge in [-0.2, -0.15) is 0 Å². The Kier molecular flexibility index (Phi) is 13.2. The van der Waals surface area contributed by atoms with Crippen molar-refractivity contribution >= 4 is 5.91 Å². The van der Waals surface area contributed by atoms with Gasteiger partial charge in [0.25, 0.3) is 0 Å². The van der Waals surface area contributed by atoms with E-state index >= 15 is 0 Å². The fourth-order valence-electron chi connectivity index (χ4n) is 2.80. The Balaban J connectivity index is 5.06. The van der Waals surface area contributed by atoms with Crippen LogP contribution >= 0.6 is 0 Å². The van der Waals surface area contributed by atoms with Crippen molar-refractivity contribution in [1.82, 2.24) is 0 Å². The molecule has 28 heavy (non-hydrogen) atoms. The number of carbonyl (C=O) groups is 1. The van der Waals surface area contributed by atoms with Crippen molar-refractivity contribution in [2.75, 3.05) is 42.7 Å². The first kappa shape index (κ1) is 25.5. The molecule has 0 unspecified atom stereocenters. The number of allylic oxidation sites excluding steroid dienone is 3. The Hall–Kier alpha value is -2.51. The molecule has 0 saturated carbocycles. The third kappa shape index (κ3) is 8.45. The molecule has 0 aromatic heterocycles. The molecule has 0 rings (SSSR count). The lowest BCUT2D eigenvalue weighted by Crippen LogP contribution is -2.14. The predicted molar refractivity (Wildman–Crippen MR) is 106 cm³/mol. The number of carbonyl (C=O) groups excluding carboxylic acids is 1. The molecule has 0 bridgehead atoms. The lowest BCUT2D eigenvalue weighted by atomic mass is 9.96. The van der Waals surface area contributed by atoms with Crippen molar-refractivity contribution in [1.29, 1.82) is 0 Å². The number of hydrogen-bond acceptors (Lipinski definition) is 7. The van der Waals surface area contributed by atoms with E-state index in [0.29, 0.717) is 54.7 Å². The molecule has 1 amide bonds. The molecule has 0 aromatic rings. The van der Waals surface area contributed by atoms with E-state index in [2.05, 4.69) is 0 Å². The molecule has 0 atom stereocenters. The van der Waals surface area contributed by atoms with Gasteiger partial charge in [0.2, 0.25) is 5.91 Å². The third-order valence-corrected chi connectivity index (χ3v) is 4.35. The monoisotopic (exact) mass is 401 g/mol. The Labute approximate surface area is 168 Å². The molecule has 0 aliphatic carbocycles. The van der Waals surface area contributed by atoms with Crippen LogP contribution in [0.15, 0.2) is 34.6 Å². The number of amides is 1. The molecular formula is C20H35NO7. The summed E-state index contributed by atoms with van der Waals surface area (Å²) in [5, 5.41) is 0. The second-order valence-corrected chi connectivity index (χ2v) is 5.95. The van der Waals surface area contributed by atoms with Crippen LogP contribution in [0.2, 0.25) is 0 Å². The van der Waals surface area contributed by atoms with Gasteiger partial charge in [0.15, 0.2) is 11.5 Å². The van der Waals surface area contributed by atoms with E-state index in [4.69, 9.17) is 34.2 Å². The first-order chi connectivity index (χ1) is 13.4. The Morgan fingerprint density at radius 1 is 0.643 bits per heavy atom. The van der Waals surface area contributed by atoms with Crippen LogP contribution in [0.4, 0.5) is 0 Å². The summed E-state index contributed by atoms with van der Waals surface area (Å²) in [6, 6.07) is 0. The van der Waals surface area contributed by atoms with Gasteiger partial charge in [0, 0.05) is 18.4 Å². The smallest absolute Gasteiger partial charge is 0.318 e. The third-order valence-electron chi connectivity index (χ3n) is 4.35. The molecule has 8 heteroatoms. The summed E-state index contributed by atoms with van der Waals surface area (Å²) < 4.78 is 31.3. The van der Waals surface area contributed by atoms with Crippen LogP contribution in [0.3, 0.4) is 0 Å². The maximum atomic E-state index is 11.7. The van der Waals surface area contributed by atoms with Gasteiger partial charge in [-0.1, -0.05) is 5.57 Å². The minimum absolute atomic E-state index is 0.348. The standard InChI is InChI=1S/C20H35NO7/c1-14(18(21)22)15(10-8-12-16(23-2)19(25-4)26-5)11-9-13-17(24-3)20(27-6)28-7/h8-13H2,1-7H3,(H2,21,22). The SMILES string of the molecule is COC(CCCC(CCCC(OC)=C(OC)OC)=C(C)C(N)=O)=C(OC)OC. The predicted octanol–water partition coefficient (Wildman–Crippen LogP) is 3.35. The van der Waals surface area contributed by atoms with Crippen molar-refractivity contribution in [3.05, 3.63) is 34.6 Å². The molecule has 0 aliphatic rings. The van der Waals surface area contributed by atoms with Crippen molar-refractivity contribution in [2.24, 2.45) is 5.73 Å².